The van der Waals surface area contributed by atoms with Gasteiger partial charge in [0.05, 0.1) is 11.1 Å². The molecule has 186 valence electrons. The first-order chi connectivity index (χ1) is 17.3. The van der Waals surface area contributed by atoms with E-state index < -0.39 is 11.6 Å². The molecule has 4 aromatic rings. The lowest BCUT2D eigenvalue weighted by molar-refractivity contribution is 0.0752. The number of para-hydroxylation sites is 1. The van der Waals surface area contributed by atoms with E-state index in [1.54, 1.807) is 6.07 Å². The minimum Gasteiger partial charge on any atom is -0.350 e. The molecule has 2 aromatic heterocycles. The van der Waals surface area contributed by atoms with Gasteiger partial charge in [-0.25, -0.2) is 8.78 Å². The molecule has 2 aromatic carbocycles. The van der Waals surface area contributed by atoms with Crippen molar-refractivity contribution in [1.29, 1.82) is 0 Å². The molecule has 6 rings (SSSR count). The van der Waals surface area contributed by atoms with Gasteiger partial charge in [-0.2, -0.15) is 0 Å². The third kappa shape index (κ3) is 3.85. The first-order valence-corrected chi connectivity index (χ1v) is 12.4. The fourth-order valence-electron chi connectivity index (χ4n) is 6.10. The molecule has 6 nitrogen and oxygen atoms in total. The number of hydrogen-bond donors (Lipinski definition) is 2. The Morgan fingerprint density at radius 1 is 1.03 bits per heavy atom. The molecule has 2 fully saturated rings. The summed E-state index contributed by atoms with van der Waals surface area (Å²) in [5.74, 6) is -2.07. The number of nitrogens with one attached hydrogen (secondary N) is 2. The largest absolute Gasteiger partial charge is 0.350 e. The molecule has 1 aliphatic carbocycles. The highest BCUT2D eigenvalue weighted by atomic mass is 19.2. The van der Waals surface area contributed by atoms with Gasteiger partial charge in [0, 0.05) is 54.7 Å². The molecule has 0 radical (unpaired) electrons. The van der Waals surface area contributed by atoms with E-state index in [9.17, 15) is 18.4 Å². The predicted molar refractivity (Wildman–Crippen MR) is 134 cm³/mol. The highest BCUT2D eigenvalue weighted by Crippen LogP contribution is 2.44. The van der Waals surface area contributed by atoms with Gasteiger partial charge in [0.15, 0.2) is 11.6 Å². The number of benzene rings is 2. The van der Waals surface area contributed by atoms with Crippen molar-refractivity contribution in [2.24, 2.45) is 12.5 Å². The molecule has 2 amide bonds. The second kappa shape index (κ2) is 8.47. The average Bonchev–Trinajstić information content (AvgIpc) is 3.58. The number of likely N-dealkylation sites (tertiary alicyclic amines) is 1. The lowest BCUT2D eigenvalue weighted by Crippen LogP contribution is -2.42. The third-order valence-corrected chi connectivity index (χ3v) is 8.14. The molecule has 8 heteroatoms. The quantitative estimate of drug-likeness (QED) is 0.417. The van der Waals surface area contributed by atoms with Gasteiger partial charge in [-0.05, 0) is 61.8 Å². The Bertz CT molecular complexity index is 1460. The number of halogens is 2. The van der Waals surface area contributed by atoms with E-state index in [2.05, 4.69) is 10.3 Å². The van der Waals surface area contributed by atoms with Gasteiger partial charge in [0.1, 0.15) is 5.69 Å². The van der Waals surface area contributed by atoms with Crippen LogP contribution in [0.1, 0.15) is 53.0 Å². The van der Waals surface area contributed by atoms with Gasteiger partial charge >= 0.3 is 0 Å². The first-order valence-electron chi connectivity index (χ1n) is 12.4. The number of H-pyrrole nitrogens is 1. The number of fused-ring (bicyclic) bond motifs is 2. The lowest BCUT2D eigenvalue weighted by Gasteiger charge is -2.37. The van der Waals surface area contributed by atoms with Crippen LogP contribution in [0.4, 0.5) is 8.78 Å². The Kier molecular flexibility index (Phi) is 5.35. The number of aryl methyl sites for hydroxylation is 1. The summed E-state index contributed by atoms with van der Waals surface area (Å²) in [5.41, 5.74) is 2.49. The monoisotopic (exact) mass is 490 g/mol. The lowest BCUT2D eigenvalue weighted by atomic mass is 9.72. The van der Waals surface area contributed by atoms with Crippen molar-refractivity contribution in [2.75, 3.05) is 13.1 Å². The van der Waals surface area contributed by atoms with Crippen LogP contribution in [0.3, 0.4) is 0 Å². The normalized spacial score (nSPS) is 22.1. The average molecular weight is 491 g/mol. The Balaban J connectivity index is 1.09. The smallest absolute Gasteiger partial charge is 0.267 e. The van der Waals surface area contributed by atoms with Gasteiger partial charge in [0.25, 0.3) is 11.8 Å². The molecule has 1 saturated carbocycles. The van der Waals surface area contributed by atoms with Crippen molar-refractivity contribution in [2.45, 2.75) is 38.1 Å². The molecule has 0 bridgehead atoms. The van der Waals surface area contributed by atoms with Crippen molar-refractivity contribution in [3.63, 3.8) is 0 Å². The molecule has 3 heterocycles. The topological polar surface area (TPSA) is 70.1 Å². The summed E-state index contributed by atoms with van der Waals surface area (Å²) in [6.07, 6.45) is 6.52. The molecule has 36 heavy (non-hydrogen) atoms. The van der Waals surface area contributed by atoms with Crippen LogP contribution in [-0.2, 0) is 7.05 Å². The van der Waals surface area contributed by atoms with Crippen LogP contribution in [0.2, 0.25) is 0 Å². The van der Waals surface area contributed by atoms with Crippen LogP contribution in [-0.4, -0.2) is 45.4 Å². The zero-order valence-electron chi connectivity index (χ0n) is 20.1. The van der Waals surface area contributed by atoms with Gasteiger partial charge in [-0.15, -0.1) is 0 Å². The van der Waals surface area contributed by atoms with E-state index in [0.29, 0.717) is 16.6 Å². The minimum absolute atomic E-state index is 0.0323. The molecule has 2 N–H and O–H groups in total. The van der Waals surface area contributed by atoms with E-state index in [1.807, 2.05) is 47.0 Å². The zero-order chi connectivity index (χ0) is 25.0. The molecule has 0 unspecified atom stereocenters. The fourth-order valence-corrected chi connectivity index (χ4v) is 6.10. The SMILES string of the molecule is Cn1ccc2cccc(C(=O)N3CCC4(CCC(NC(=O)c5cc6cc(F)c(F)cc6[nH]5)CC4)C3)c21. The second-order valence-corrected chi connectivity index (χ2v) is 10.4. The van der Waals surface area contributed by atoms with Crippen molar-refractivity contribution in [3.8, 4) is 0 Å². The van der Waals surface area contributed by atoms with Crippen molar-refractivity contribution < 1.29 is 18.4 Å². The predicted octanol–water partition coefficient (Wildman–Crippen LogP) is 5.14. The first kappa shape index (κ1) is 22.8. The van der Waals surface area contributed by atoms with Crippen molar-refractivity contribution >= 4 is 33.6 Å². The molecule has 2 aliphatic rings. The maximum atomic E-state index is 13.5. The van der Waals surface area contributed by atoms with Gasteiger partial charge < -0.3 is 19.8 Å². The van der Waals surface area contributed by atoms with Crippen LogP contribution in [0.25, 0.3) is 21.8 Å². The molecular formula is C28H28F2N4O2. The summed E-state index contributed by atoms with van der Waals surface area (Å²) in [6.45, 7) is 1.49. The molecule has 1 saturated heterocycles. The van der Waals surface area contributed by atoms with E-state index in [4.69, 9.17) is 0 Å². The van der Waals surface area contributed by atoms with Crippen LogP contribution in [0.5, 0.6) is 0 Å². The summed E-state index contributed by atoms with van der Waals surface area (Å²) in [4.78, 5) is 31.1. The maximum absolute atomic E-state index is 13.5. The Morgan fingerprint density at radius 2 is 1.81 bits per heavy atom. The van der Waals surface area contributed by atoms with E-state index in [1.165, 1.54) is 0 Å². The van der Waals surface area contributed by atoms with Crippen molar-refractivity contribution in [3.05, 3.63) is 71.6 Å². The number of rotatable bonds is 3. The summed E-state index contributed by atoms with van der Waals surface area (Å²) in [5, 5.41) is 4.60. The molecule has 0 atom stereocenters. The minimum atomic E-state index is -0.946. The number of aromatic nitrogens is 2. The summed E-state index contributed by atoms with van der Waals surface area (Å²) < 4.78 is 29.0. The molecular weight excluding hydrogens is 462 g/mol. The number of carbonyl (C=O) groups excluding carboxylic acids is 2. The Labute approximate surface area is 207 Å². The number of nitrogens with zero attached hydrogens (tertiary/aromatic N) is 2. The highest BCUT2D eigenvalue weighted by Gasteiger charge is 2.43. The van der Waals surface area contributed by atoms with Crippen LogP contribution >= 0.6 is 0 Å². The van der Waals surface area contributed by atoms with Crippen molar-refractivity contribution in [1.82, 2.24) is 19.8 Å². The van der Waals surface area contributed by atoms with Gasteiger partial charge in [-0.3, -0.25) is 9.59 Å². The van der Waals surface area contributed by atoms with Crippen LogP contribution in [0, 0.1) is 17.0 Å². The van der Waals surface area contributed by atoms with E-state index in [-0.39, 0.29) is 23.3 Å². The Hall–Kier alpha value is -3.68. The van der Waals surface area contributed by atoms with Gasteiger partial charge in [0.2, 0.25) is 0 Å². The Morgan fingerprint density at radius 3 is 2.61 bits per heavy atom. The maximum Gasteiger partial charge on any atom is 0.267 e. The number of hydrogen-bond acceptors (Lipinski definition) is 2. The molecule has 1 spiro atoms. The van der Waals surface area contributed by atoms with Crippen LogP contribution < -0.4 is 5.32 Å². The molecule has 1 aliphatic heterocycles. The number of aromatic amines is 1. The highest BCUT2D eigenvalue weighted by molar-refractivity contribution is 6.06. The fraction of sp³-hybridized carbons (Fsp3) is 0.357. The number of carbonyl (C=O) groups is 2. The zero-order valence-corrected chi connectivity index (χ0v) is 20.1. The second-order valence-electron chi connectivity index (χ2n) is 10.4. The summed E-state index contributed by atoms with van der Waals surface area (Å²) >= 11 is 0. The van der Waals surface area contributed by atoms with E-state index >= 15 is 0 Å². The summed E-state index contributed by atoms with van der Waals surface area (Å²) in [7, 11) is 1.96. The van der Waals surface area contributed by atoms with E-state index in [0.717, 1.165) is 73.8 Å². The van der Waals surface area contributed by atoms with Gasteiger partial charge in [-0.1, -0.05) is 12.1 Å². The third-order valence-electron chi connectivity index (χ3n) is 8.14. The van der Waals surface area contributed by atoms with Crippen LogP contribution in [0.15, 0.2) is 48.7 Å². The standard InChI is InChI=1S/C28H28F2N4O2/c1-33-11-7-17-3-2-4-20(25(17)33)27(36)34-12-10-28(16-34)8-5-19(6-9-28)31-26(35)24-14-18-13-21(29)22(30)15-23(18)32-24/h2-4,7,11,13-15,19,32H,5-6,8-10,12,16H2,1H3,(H,31,35). The summed E-state index contributed by atoms with van der Waals surface area (Å²) in [6, 6.07) is 11.6. The number of amides is 2.